The van der Waals surface area contributed by atoms with Crippen LogP contribution in [0.1, 0.15) is 149 Å². The number of hydrogen-bond acceptors (Lipinski definition) is 4. The van der Waals surface area contributed by atoms with E-state index in [0.29, 0.717) is 12.8 Å². The fraction of sp³-hybridized carbons (Fsp3) is 0.926. The first kappa shape index (κ1) is 29.9. The van der Waals surface area contributed by atoms with Crippen LogP contribution in [0.3, 0.4) is 0 Å². The Morgan fingerprint density at radius 3 is 0.968 bits per heavy atom. The molecule has 0 saturated heterocycles. The lowest BCUT2D eigenvalue weighted by Crippen LogP contribution is -2.13. The first-order valence-corrected chi connectivity index (χ1v) is 13.5. The largest absolute Gasteiger partial charge is 0.462 e. The zero-order valence-electron chi connectivity index (χ0n) is 20.9. The van der Waals surface area contributed by atoms with Gasteiger partial charge in [-0.15, -0.1) is 0 Å². The molecule has 0 spiro atoms. The summed E-state index contributed by atoms with van der Waals surface area (Å²) in [6.07, 6.45) is 24.6. The minimum atomic E-state index is -0.173. The highest BCUT2D eigenvalue weighted by molar-refractivity contribution is 5.70. The summed E-state index contributed by atoms with van der Waals surface area (Å²) >= 11 is 0. The number of ether oxygens (including phenoxy) is 2. The van der Waals surface area contributed by atoms with E-state index >= 15 is 0 Å². The van der Waals surface area contributed by atoms with Crippen LogP contribution in [0.5, 0.6) is 0 Å². The molecule has 4 heteroatoms. The van der Waals surface area contributed by atoms with Crippen molar-refractivity contribution in [1.82, 2.24) is 0 Å². The van der Waals surface area contributed by atoms with Crippen molar-refractivity contribution in [2.24, 2.45) is 0 Å². The van der Waals surface area contributed by atoms with Gasteiger partial charge in [-0.3, -0.25) is 9.59 Å². The topological polar surface area (TPSA) is 52.6 Å². The number of hydrogen-bond donors (Lipinski definition) is 0. The molecule has 0 heterocycles. The Balaban J connectivity index is 3.29. The summed E-state index contributed by atoms with van der Waals surface area (Å²) in [5.41, 5.74) is 0. The van der Waals surface area contributed by atoms with E-state index in [1.807, 2.05) is 0 Å². The first-order chi connectivity index (χ1) is 15.2. The van der Waals surface area contributed by atoms with Crippen molar-refractivity contribution < 1.29 is 19.1 Å². The molecule has 0 N–H and O–H groups in total. The van der Waals surface area contributed by atoms with Gasteiger partial charge in [0.15, 0.2) is 0 Å². The predicted octanol–water partition coefficient (Wildman–Crippen LogP) is 8.30. The summed E-state index contributed by atoms with van der Waals surface area (Å²) in [4.78, 5) is 23.4. The zero-order chi connectivity index (χ0) is 22.8. The van der Waals surface area contributed by atoms with E-state index in [1.165, 1.54) is 96.3 Å². The van der Waals surface area contributed by atoms with Crippen molar-refractivity contribution in [2.75, 3.05) is 13.2 Å². The molecule has 0 aromatic rings. The fourth-order valence-corrected chi connectivity index (χ4v) is 3.79. The normalized spacial score (nSPS) is 10.9. The average Bonchev–Trinajstić information content (AvgIpc) is 2.77. The van der Waals surface area contributed by atoms with E-state index in [1.54, 1.807) is 0 Å². The van der Waals surface area contributed by atoms with Crippen LogP contribution in [0, 0.1) is 0 Å². The molecule has 0 aliphatic heterocycles. The van der Waals surface area contributed by atoms with Gasteiger partial charge in [-0.25, -0.2) is 0 Å². The molecule has 0 aliphatic rings. The summed E-state index contributed by atoms with van der Waals surface area (Å²) < 4.78 is 10.3. The molecule has 0 radical (unpaired) electrons. The van der Waals surface area contributed by atoms with Crippen LogP contribution in [0.2, 0.25) is 0 Å². The van der Waals surface area contributed by atoms with Crippen LogP contribution in [-0.2, 0) is 19.1 Å². The highest BCUT2D eigenvalue weighted by atomic mass is 16.6. The van der Waals surface area contributed by atoms with E-state index in [9.17, 15) is 9.59 Å². The molecule has 0 aromatic carbocycles. The van der Waals surface area contributed by atoms with Gasteiger partial charge in [0.25, 0.3) is 0 Å². The summed E-state index contributed by atoms with van der Waals surface area (Å²) in [5, 5.41) is 0. The molecule has 0 aromatic heterocycles. The van der Waals surface area contributed by atoms with Crippen LogP contribution in [0.4, 0.5) is 0 Å². The third-order valence-electron chi connectivity index (χ3n) is 5.83. The van der Waals surface area contributed by atoms with Gasteiger partial charge in [0.05, 0.1) is 0 Å². The minimum Gasteiger partial charge on any atom is -0.462 e. The smallest absolute Gasteiger partial charge is 0.305 e. The van der Waals surface area contributed by atoms with Crippen molar-refractivity contribution in [3.63, 3.8) is 0 Å². The summed E-state index contributed by atoms with van der Waals surface area (Å²) in [5.74, 6) is -0.344. The number of carbonyl (C=O) groups excluding carboxylic acids is 2. The highest BCUT2D eigenvalue weighted by Gasteiger charge is 2.05. The molecule has 0 amide bonds. The maximum absolute atomic E-state index is 11.7. The maximum Gasteiger partial charge on any atom is 0.305 e. The molecule has 0 unspecified atom stereocenters. The molecule has 31 heavy (non-hydrogen) atoms. The molecule has 0 aliphatic carbocycles. The lowest BCUT2D eigenvalue weighted by molar-refractivity contribution is -0.152. The van der Waals surface area contributed by atoms with Gasteiger partial charge in [0.2, 0.25) is 0 Å². The molecular formula is C27H52O4. The molecule has 0 bridgehead atoms. The van der Waals surface area contributed by atoms with Gasteiger partial charge >= 0.3 is 11.9 Å². The van der Waals surface area contributed by atoms with Crippen molar-refractivity contribution in [2.45, 2.75) is 149 Å². The fourth-order valence-electron chi connectivity index (χ4n) is 3.79. The third kappa shape index (κ3) is 25.1. The molecule has 4 nitrogen and oxygen atoms in total. The van der Waals surface area contributed by atoms with E-state index in [-0.39, 0.29) is 25.2 Å². The first-order valence-electron chi connectivity index (χ1n) is 13.5. The van der Waals surface area contributed by atoms with Crippen LogP contribution in [0.15, 0.2) is 0 Å². The van der Waals surface area contributed by atoms with Gasteiger partial charge in [-0.2, -0.15) is 0 Å². The standard InChI is InChI=1S/C27H52O4/c1-3-5-7-9-11-13-15-17-19-21-23-27(29)31-25-24-30-26(28)22-20-18-16-14-12-10-8-6-4-2/h3-25H2,1-2H3. The second-order valence-electron chi connectivity index (χ2n) is 8.95. The third-order valence-corrected chi connectivity index (χ3v) is 5.83. The molecular weight excluding hydrogens is 388 g/mol. The van der Waals surface area contributed by atoms with Gasteiger partial charge in [0.1, 0.15) is 13.2 Å². The van der Waals surface area contributed by atoms with Crippen LogP contribution >= 0.6 is 0 Å². The van der Waals surface area contributed by atoms with E-state index in [0.717, 1.165) is 25.7 Å². The number of unbranched alkanes of at least 4 members (excludes halogenated alkanes) is 17. The van der Waals surface area contributed by atoms with Gasteiger partial charge in [-0.1, -0.05) is 123 Å². The molecule has 0 rings (SSSR count). The molecule has 0 fully saturated rings. The lowest BCUT2D eigenvalue weighted by atomic mass is 10.1. The van der Waals surface area contributed by atoms with E-state index in [4.69, 9.17) is 9.47 Å². The molecule has 0 atom stereocenters. The number of rotatable bonds is 24. The second-order valence-corrected chi connectivity index (χ2v) is 8.95. The van der Waals surface area contributed by atoms with Crippen LogP contribution in [0.25, 0.3) is 0 Å². The molecule has 0 saturated carbocycles. The predicted molar refractivity (Wildman–Crippen MR) is 130 cm³/mol. The highest BCUT2D eigenvalue weighted by Crippen LogP contribution is 2.12. The SMILES string of the molecule is CCCCCCCCCCCCC(=O)OCCOC(=O)CCCCCCCCCCC. The van der Waals surface area contributed by atoms with Crippen LogP contribution in [-0.4, -0.2) is 25.2 Å². The summed E-state index contributed by atoms with van der Waals surface area (Å²) in [6.45, 7) is 4.85. The van der Waals surface area contributed by atoms with Gasteiger partial charge in [-0.05, 0) is 12.8 Å². The van der Waals surface area contributed by atoms with Crippen LogP contribution < -0.4 is 0 Å². The summed E-state index contributed by atoms with van der Waals surface area (Å²) in [6, 6.07) is 0. The quantitative estimate of drug-likeness (QED) is 0.112. The van der Waals surface area contributed by atoms with E-state index < -0.39 is 0 Å². The van der Waals surface area contributed by atoms with Crippen molar-refractivity contribution >= 4 is 11.9 Å². The number of esters is 2. The second kappa shape index (κ2) is 25.2. The average molecular weight is 441 g/mol. The van der Waals surface area contributed by atoms with Gasteiger partial charge < -0.3 is 9.47 Å². The Labute approximate surface area is 193 Å². The van der Waals surface area contributed by atoms with Crippen molar-refractivity contribution in [1.29, 1.82) is 0 Å². The molecule has 184 valence electrons. The van der Waals surface area contributed by atoms with Crippen molar-refractivity contribution in [3.8, 4) is 0 Å². The Morgan fingerprint density at radius 1 is 0.419 bits per heavy atom. The van der Waals surface area contributed by atoms with E-state index in [2.05, 4.69) is 13.8 Å². The maximum atomic E-state index is 11.7. The lowest BCUT2D eigenvalue weighted by Gasteiger charge is -2.07. The van der Waals surface area contributed by atoms with Gasteiger partial charge in [0, 0.05) is 12.8 Å². The Kier molecular flexibility index (Phi) is 24.3. The Bertz CT molecular complexity index is 395. The zero-order valence-corrected chi connectivity index (χ0v) is 20.9. The Morgan fingerprint density at radius 2 is 0.677 bits per heavy atom. The summed E-state index contributed by atoms with van der Waals surface area (Å²) in [7, 11) is 0. The number of carbonyl (C=O) groups is 2. The Hall–Kier alpha value is -1.06. The van der Waals surface area contributed by atoms with Crippen molar-refractivity contribution in [3.05, 3.63) is 0 Å². The minimum absolute atomic E-state index is 0.172. The monoisotopic (exact) mass is 440 g/mol.